The van der Waals surface area contributed by atoms with Crippen LogP contribution in [0.2, 0.25) is 10.0 Å². The Bertz CT molecular complexity index is 818. The van der Waals surface area contributed by atoms with Crippen LogP contribution in [-0.4, -0.2) is 32.1 Å². The molecule has 2 aromatic carbocycles. The molecule has 2 aromatic rings. The zero-order valence-corrected chi connectivity index (χ0v) is 16.8. The maximum Gasteiger partial charge on any atom is 0.257 e. The van der Waals surface area contributed by atoms with Gasteiger partial charge in [0.25, 0.3) is 5.91 Å². The Labute approximate surface area is 173 Å². The highest BCUT2D eigenvalue weighted by molar-refractivity contribution is 6.42. The van der Waals surface area contributed by atoms with Gasteiger partial charge in [0.05, 0.1) is 31.0 Å². The number of benzene rings is 2. The van der Waals surface area contributed by atoms with Gasteiger partial charge in [-0.15, -0.1) is 0 Å². The van der Waals surface area contributed by atoms with Crippen LogP contribution in [-0.2, 0) is 9.59 Å². The van der Waals surface area contributed by atoms with Gasteiger partial charge in [0, 0.05) is 6.42 Å². The van der Waals surface area contributed by atoms with Crippen molar-refractivity contribution in [2.24, 2.45) is 0 Å². The first kappa shape index (κ1) is 21.7. The molecular weight excluding hydrogens is 405 g/mol. The monoisotopic (exact) mass is 425 g/mol. The number of para-hydroxylation sites is 2. The minimum Gasteiger partial charge on any atom is -0.495 e. The molecule has 0 atom stereocenters. The summed E-state index contributed by atoms with van der Waals surface area (Å²) in [4.78, 5) is 23.6. The van der Waals surface area contributed by atoms with Gasteiger partial charge in [-0.2, -0.15) is 0 Å². The molecule has 0 unspecified atom stereocenters. The molecule has 2 rings (SSSR count). The fourth-order valence-electron chi connectivity index (χ4n) is 2.22. The van der Waals surface area contributed by atoms with E-state index < -0.39 is 0 Å². The predicted molar refractivity (Wildman–Crippen MR) is 109 cm³/mol. The van der Waals surface area contributed by atoms with Crippen LogP contribution in [0, 0.1) is 0 Å². The average molecular weight is 426 g/mol. The van der Waals surface area contributed by atoms with E-state index in [1.165, 1.54) is 0 Å². The predicted octanol–water partition coefficient (Wildman–Crippen LogP) is 3.42. The number of methoxy groups -OCH3 is 1. The minimum atomic E-state index is -0.388. The van der Waals surface area contributed by atoms with Crippen molar-refractivity contribution in [1.82, 2.24) is 10.9 Å². The van der Waals surface area contributed by atoms with Crippen LogP contribution < -0.4 is 25.6 Å². The molecule has 0 aromatic heterocycles. The first-order valence-corrected chi connectivity index (χ1v) is 9.28. The molecule has 0 saturated heterocycles. The number of rotatable bonds is 9. The standard InChI is InChI=1S/C19H21Cl2N3O4/c1-27-15-8-3-2-7-14(15)22-12-18(26)24-23-17(25)10-5-11-28-16-9-4-6-13(20)19(16)21/h2-4,6-9,22H,5,10-12H2,1H3,(H,23,25)(H,24,26). The van der Waals surface area contributed by atoms with E-state index in [0.29, 0.717) is 33.7 Å². The van der Waals surface area contributed by atoms with Gasteiger partial charge in [0.2, 0.25) is 5.91 Å². The highest BCUT2D eigenvalue weighted by atomic mass is 35.5. The smallest absolute Gasteiger partial charge is 0.257 e. The van der Waals surface area contributed by atoms with Crippen molar-refractivity contribution < 1.29 is 19.1 Å². The largest absolute Gasteiger partial charge is 0.495 e. The first-order valence-electron chi connectivity index (χ1n) is 8.52. The second-order valence-corrected chi connectivity index (χ2v) is 6.44. The van der Waals surface area contributed by atoms with E-state index in [1.54, 1.807) is 37.4 Å². The Morgan fingerprint density at radius 2 is 1.68 bits per heavy atom. The molecule has 2 amide bonds. The first-order chi connectivity index (χ1) is 13.5. The third kappa shape index (κ3) is 6.83. The van der Waals surface area contributed by atoms with E-state index in [-0.39, 0.29) is 31.4 Å². The molecule has 0 aliphatic heterocycles. The Hall–Kier alpha value is -2.64. The Kier molecular flexibility index (Phi) is 8.71. The summed E-state index contributed by atoms with van der Waals surface area (Å²) in [6, 6.07) is 12.3. The van der Waals surface area contributed by atoms with Crippen LogP contribution >= 0.6 is 23.2 Å². The number of hydrazine groups is 1. The van der Waals surface area contributed by atoms with Crippen LogP contribution in [0.15, 0.2) is 42.5 Å². The molecule has 0 heterocycles. The Morgan fingerprint density at radius 1 is 0.964 bits per heavy atom. The number of amides is 2. The molecule has 0 aliphatic carbocycles. The molecule has 3 N–H and O–H groups in total. The third-order valence-corrected chi connectivity index (χ3v) is 4.41. The van der Waals surface area contributed by atoms with E-state index in [9.17, 15) is 9.59 Å². The van der Waals surface area contributed by atoms with Gasteiger partial charge < -0.3 is 14.8 Å². The van der Waals surface area contributed by atoms with Crippen LogP contribution in [0.3, 0.4) is 0 Å². The molecule has 0 saturated carbocycles. The number of halogens is 2. The highest BCUT2D eigenvalue weighted by Gasteiger charge is 2.08. The summed E-state index contributed by atoms with van der Waals surface area (Å²) in [7, 11) is 1.55. The van der Waals surface area contributed by atoms with E-state index in [2.05, 4.69) is 16.2 Å². The summed E-state index contributed by atoms with van der Waals surface area (Å²) in [5.41, 5.74) is 5.38. The number of nitrogens with one attached hydrogen (secondary N) is 3. The average Bonchev–Trinajstić information content (AvgIpc) is 2.71. The van der Waals surface area contributed by atoms with Crippen molar-refractivity contribution >= 4 is 40.7 Å². The van der Waals surface area contributed by atoms with Gasteiger partial charge in [-0.3, -0.25) is 20.4 Å². The van der Waals surface area contributed by atoms with Gasteiger partial charge in [-0.25, -0.2) is 0 Å². The number of hydrogen-bond donors (Lipinski definition) is 3. The fraction of sp³-hybridized carbons (Fsp3) is 0.263. The van der Waals surface area contributed by atoms with Crippen LogP contribution in [0.1, 0.15) is 12.8 Å². The fourth-order valence-corrected chi connectivity index (χ4v) is 2.57. The van der Waals surface area contributed by atoms with E-state index in [1.807, 2.05) is 12.1 Å². The molecule has 7 nitrogen and oxygen atoms in total. The van der Waals surface area contributed by atoms with Crippen LogP contribution in [0.25, 0.3) is 0 Å². The summed E-state index contributed by atoms with van der Waals surface area (Å²) < 4.78 is 10.7. The van der Waals surface area contributed by atoms with E-state index >= 15 is 0 Å². The number of hydrogen-bond acceptors (Lipinski definition) is 5. The Balaban J connectivity index is 1.62. The minimum absolute atomic E-state index is 0.0168. The lowest BCUT2D eigenvalue weighted by Gasteiger charge is -2.12. The number of carbonyl (C=O) groups excluding carboxylic acids is 2. The summed E-state index contributed by atoms with van der Waals surface area (Å²) in [5, 5.41) is 3.68. The van der Waals surface area contributed by atoms with Gasteiger partial charge in [0.15, 0.2) is 0 Å². The molecule has 0 fully saturated rings. The molecule has 9 heteroatoms. The summed E-state index contributed by atoms with van der Waals surface area (Å²) in [6.07, 6.45) is 0.627. The van der Waals surface area contributed by atoms with E-state index in [4.69, 9.17) is 32.7 Å². The molecule has 28 heavy (non-hydrogen) atoms. The van der Waals surface area contributed by atoms with Gasteiger partial charge >= 0.3 is 0 Å². The lowest BCUT2D eigenvalue weighted by Crippen LogP contribution is -2.44. The van der Waals surface area contributed by atoms with Gasteiger partial charge in [-0.05, 0) is 30.7 Å². The maximum atomic E-state index is 11.8. The maximum absolute atomic E-state index is 11.8. The second kappa shape index (κ2) is 11.3. The van der Waals surface area contributed by atoms with Crippen molar-refractivity contribution in [1.29, 1.82) is 0 Å². The third-order valence-electron chi connectivity index (χ3n) is 3.61. The normalized spacial score (nSPS) is 10.1. The Morgan fingerprint density at radius 3 is 2.46 bits per heavy atom. The zero-order chi connectivity index (χ0) is 20.4. The molecule has 0 aliphatic rings. The van der Waals surface area contributed by atoms with Crippen molar-refractivity contribution in [3.63, 3.8) is 0 Å². The van der Waals surface area contributed by atoms with Crippen molar-refractivity contribution in [3.05, 3.63) is 52.5 Å². The molecule has 0 bridgehead atoms. The molecule has 0 radical (unpaired) electrons. The molecule has 0 spiro atoms. The number of anilines is 1. The van der Waals surface area contributed by atoms with Crippen molar-refractivity contribution in [2.75, 3.05) is 25.6 Å². The lowest BCUT2D eigenvalue weighted by atomic mass is 10.3. The summed E-state index contributed by atoms with van der Waals surface area (Å²) in [5.74, 6) is 0.372. The van der Waals surface area contributed by atoms with Crippen molar-refractivity contribution in [2.45, 2.75) is 12.8 Å². The summed E-state index contributed by atoms with van der Waals surface area (Å²) in [6.45, 7) is 0.272. The van der Waals surface area contributed by atoms with E-state index in [0.717, 1.165) is 0 Å². The molecular formula is C19H21Cl2N3O4. The lowest BCUT2D eigenvalue weighted by molar-refractivity contribution is -0.128. The quantitative estimate of drug-likeness (QED) is 0.423. The van der Waals surface area contributed by atoms with Crippen LogP contribution in [0.4, 0.5) is 5.69 Å². The topological polar surface area (TPSA) is 88.7 Å². The molecule has 150 valence electrons. The van der Waals surface area contributed by atoms with Crippen molar-refractivity contribution in [3.8, 4) is 11.5 Å². The van der Waals surface area contributed by atoms with Gasteiger partial charge in [-0.1, -0.05) is 41.4 Å². The summed E-state index contributed by atoms with van der Waals surface area (Å²) >= 11 is 11.9. The number of ether oxygens (including phenoxy) is 2. The second-order valence-electron chi connectivity index (χ2n) is 5.65. The van der Waals surface area contributed by atoms with Gasteiger partial charge in [0.1, 0.15) is 16.5 Å². The number of carbonyl (C=O) groups is 2. The zero-order valence-electron chi connectivity index (χ0n) is 15.3. The highest BCUT2D eigenvalue weighted by Crippen LogP contribution is 2.31. The van der Waals surface area contributed by atoms with Crippen LogP contribution in [0.5, 0.6) is 11.5 Å². The SMILES string of the molecule is COc1ccccc1NCC(=O)NNC(=O)CCCOc1cccc(Cl)c1Cl.